The quantitative estimate of drug-likeness (QED) is 0.888. The SMILES string of the molecule is CC(C)c1cccc(C(C)C)c1NC(=O)N(C)Cc1cnn(C)c1. The highest BCUT2D eigenvalue weighted by molar-refractivity contribution is 5.91. The number of carbonyl (C=O) groups is 1. The van der Waals surface area contributed by atoms with Crippen molar-refractivity contribution < 1.29 is 4.79 Å². The number of para-hydroxylation sites is 1. The van der Waals surface area contributed by atoms with Crippen LogP contribution >= 0.6 is 0 Å². The Labute approximate surface area is 144 Å². The Morgan fingerprint density at radius 3 is 2.25 bits per heavy atom. The predicted octanol–water partition coefficient (Wildman–Crippen LogP) is 4.33. The van der Waals surface area contributed by atoms with Gasteiger partial charge in [0.05, 0.1) is 12.7 Å². The Kier molecular flexibility index (Phi) is 5.65. The van der Waals surface area contributed by atoms with Crippen molar-refractivity contribution in [2.24, 2.45) is 7.05 Å². The van der Waals surface area contributed by atoms with Crippen molar-refractivity contribution >= 4 is 11.7 Å². The van der Waals surface area contributed by atoms with Gasteiger partial charge in [0.2, 0.25) is 0 Å². The maximum atomic E-state index is 12.7. The smallest absolute Gasteiger partial charge is 0.321 e. The van der Waals surface area contributed by atoms with Crippen LogP contribution in [0.4, 0.5) is 10.5 Å². The first-order valence-corrected chi connectivity index (χ1v) is 8.42. The molecular formula is C19H28N4O. The third-order valence-corrected chi connectivity index (χ3v) is 4.13. The van der Waals surface area contributed by atoms with E-state index in [0.29, 0.717) is 18.4 Å². The Balaban J connectivity index is 2.21. The Hall–Kier alpha value is -2.30. The molecule has 0 atom stereocenters. The first-order valence-electron chi connectivity index (χ1n) is 8.42. The van der Waals surface area contributed by atoms with Gasteiger partial charge in [0.15, 0.2) is 0 Å². The van der Waals surface area contributed by atoms with Gasteiger partial charge in [0.25, 0.3) is 0 Å². The number of benzene rings is 1. The Morgan fingerprint density at radius 2 is 1.79 bits per heavy atom. The average molecular weight is 328 g/mol. The zero-order valence-electron chi connectivity index (χ0n) is 15.5. The number of aryl methyl sites for hydroxylation is 1. The lowest BCUT2D eigenvalue weighted by Gasteiger charge is -2.23. The average Bonchev–Trinajstić information content (AvgIpc) is 2.91. The van der Waals surface area contributed by atoms with Gasteiger partial charge in [-0.3, -0.25) is 4.68 Å². The van der Waals surface area contributed by atoms with Crippen LogP contribution in [0, 0.1) is 0 Å². The maximum Gasteiger partial charge on any atom is 0.321 e. The van der Waals surface area contributed by atoms with E-state index in [1.165, 1.54) is 11.1 Å². The number of hydrogen-bond donors (Lipinski definition) is 1. The van der Waals surface area contributed by atoms with Gasteiger partial charge in [-0.1, -0.05) is 45.9 Å². The summed E-state index contributed by atoms with van der Waals surface area (Å²) in [6.07, 6.45) is 3.71. The lowest BCUT2D eigenvalue weighted by molar-refractivity contribution is 0.220. The summed E-state index contributed by atoms with van der Waals surface area (Å²) in [7, 11) is 3.67. The molecule has 0 aliphatic heterocycles. The molecule has 130 valence electrons. The summed E-state index contributed by atoms with van der Waals surface area (Å²) < 4.78 is 1.74. The van der Waals surface area contributed by atoms with Crippen molar-refractivity contribution in [3.63, 3.8) is 0 Å². The first-order chi connectivity index (χ1) is 11.3. The molecule has 1 aromatic carbocycles. The molecule has 0 saturated carbocycles. The van der Waals surface area contributed by atoms with Crippen molar-refractivity contribution in [1.82, 2.24) is 14.7 Å². The van der Waals surface area contributed by atoms with E-state index in [4.69, 9.17) is 0 Å². The molecule has 0 unspecified atom stereocenters. The standard InChI is InChI=1S/C19H28N4O/c1-13(2)16-8-7-9-17(14(3)4)18(16)21-19(24)22(5)11-15-10-20-23(6)12-15/h7-10,12-14H,11H2,1-6H3,(H,21,24). The van der Waals surface area contributed by atoms with E-state index < -0.39 is 0 Å². The number of aromatic nitrogens is 2. The molecule has 0 saturated heterocycles. The number of urea groups is 1. The molecule has 1 heterocycles. The molecule has 0 bridgehead atoms. The van der Waals surface area contributed by atoms with E-state index in [2.05, 4.69) is 56.3 Å². The van der Waals surface area contributed by atoms with E-state index in [0.717, 1.165) is 11.3 Å². The van der Waals surface area contributed by atoms with Gasteiger partial charge in [-0.2, -0.15) is 5.10 Å². The summed E-state index contributed by atoms with van der Waals surface area (Å²) in [5, 5.41) is 7.27. The van der Waals surface area contributed by atoms with Crippen LogP contribution in [-0.4, -0.2) is 27.8 Å². The van der Waals surface area contributed by atoms with Crippen LogP contribution in [-0.2, 0) is 13.6 Å². The molecule has 24 heavy (non-hydrogen) atoms. The van der Waals surface area contributed by atoms with Gasteiger partial charge < -0.3 is 10.2 Å². The highest BCUT2D eigenvalue weighted by Crippen LogP contribution is 2.32. The van der Waals surface area contributed by atoms with E-state index in [-0.39, 0.29) is 6.03 Å². The van der Waals surface area contributed by atoms with Gasteiger partial charge in [0.1, 0.15) is 0 Å². The summed E-state index contributed by atoms with van der Waals surface area (Å²) in [6.45, 7) is 9.12. The predicted molar refractivity (Wildman–Crippen MR) is 98.3 cm³/mol. The largest absolute Gasteiger partial charge is 0.323 e. The second-order valence-electron chi connectivity index (χ2n) is 6.93. The van der Waals surface area contributed by atoms with Crippen LogP contribution in [0.2, 0.25) is 0 Å². The second kappa shape index (κ2) is 7.51. The van der Waals surface area contributed by atoms with Crippen LogP contribution in [0.1, 0.15) is 56.2 Å². The van der Waals surface area contributed by atoms with Crippen molar-refractivity contribution in [2.75, 3.05) is 12.4 Å². The van der Waals surface area contributed by atoms with Gasteiger partial charge in [-0.15, -0.1) is 0 Å². The van der Waals surface area contributed by atoms with Crippen molar-refractivity contribution in [2.45, 2.75) is 46.1 Å². The number of carbonyl (C=O) groups excluding carboxylic acids is 1. The molecule has 2 aromatic rings. The molecule has 0 aliphatic carbocycles. The number of anilines is 1. The molecule has 2 amide bonds. The first kappa shape index (κ1) is 18.0. The lowest BCUT2D eigenvalue weighted by Crippen LogP contribution is -2.31. The minimum Gasteiger partial charge on any atom is -0.323 e. The van der Waals surface area contributed by atoms with Crippen LogP contribution in [0.3, 0.4) is 0 Å². The third kappa shape index (κ3) is 4.16. The normalized spacial score (nSPS) is 11.2. The molecule has 1 aromatic heterocycles. The zero-order chi connectivity index (χ0) is 17.9. The molecule has 2 rings (SSSR count). The van der Waals surface area contributed by atoms with Crippen molar-refractivity contribution in [3.05, 3.63) is 47.3 Å². The molecule has 1 N–H and O–H groups in total. The minimum absolute atomic E-state index is 0.103. The Bertz CT molecular complexity index is 677. The Morgan fingerprint density at radius 1 is 1.21 bits per heavy atom. The van der Waals surface area contributed by atoms with E-state index in [1.54, 1.807) is 22.8 Å². The molecule has 5 nitrogen and oxygen atoms in total. The minimum atomic E-state index is -0.103. The molecule has 0 aliphatic rings. The van der Waals surface area contributed by atoms with E-state index in [1.807, 2.05) is 13.2 Å². The van der Waals surface area contributed by atoms with Gasteiger partial charge in [-0.05, 0) is 23.0 Å². The molecule has 0 fully saturated rings. The van der Waals surface area contributed by atoms with Gasteiger partial charge in [0, 0.05) is 31.5 Å². The highest BCUT2D eigenvalue weighted by Gasteiger charge is 2.18. The monoisotopic (exact) mass is 328 g/mol. The summed E-state index contributed by atoms with van der Waals surface area (Å²) >= 11 is 0. The number of rotatable bonds is 5. The zero-order valence-corrected chi connectivity index (χ0v) is 15.5. The van der Waals surface area contributed by atoms with Crippen LogP contribution < -0.4 is 5.32 Å². The molecule has 0 radical (unpaired) electrons. The van der Waals surface area contributed by atoms with Crippen molar-refractivity contribution in [1.29, 1.82) is 0 Å². The fourth-order valence-corrected chi connectivity index (χ4v) is 2.80. The molecular weight excluding hydrogens is 300 g/mol. The van der Waals surface area contributed by atoms with Gasteiger partial charge >= 0.3 is 6.03 Å². The van der Waals surface area contributed by atoms with Crippen molar-refractivity contribution in [3.8, 4) is 0 Å². The topological polar surface area (TPSA) is 50.2 Å². The number of amides is 2. The van der Waals surface area contributed by atoms with Crippen LogP contribution in [0.25, 0.3) is 0 Å². The van der Waals surface area contributed by atoms with Gasteiger partial charge in [-0.25, -0.2) is 4.79 Å². The summed E-state index contributed by atoms with van der Waals surface area (Å²) in [6, 6.07) is 6.15. The number of hydrogen-bond acceptors (Lipinski definition) is 2. The second-order valence-corrected chi connectivity index (χ2v) is 6.93. The summed E-state index contributed by atoms with van der Waals surface area (Å²) in [5.74, 6) is 0.699. The lowest BCUT2D eigenvalue weighted by atomic mass is 9.93. The summed E-state index contributed by atoms with van der Waals surface area (Å²) in [4.78, 5) is 14.3. The maximum absolute atomic E-state index is 12.7. The van der Waals surface area contributed by atoms with E-state index in [9.17, 15) is 4.79 Å². The number of nitrogens with zero attached hydrogens (tertiary/aromatic N) is 3. The molecule has 0 spiro atoms. The van der Waals surface area contributed by atoms with E-state index >= 15 is 0 Å². The number of nitrogens with one attached hydrogen (secondary N) is 1. The van der Waals surface area contributed by atoms with Crippen LogP contribution in [0.15, 0.2) is 30.6 Å². The fourth-order valence-electron chi connectivity index (χ4n) is 2.80. The highest BCUT2D eigenvalue weighted by atomic mass is 16.2. The molecule has 5 heteroatoms. The van der Waals surface area contributed by atoms with Crippen LogP contribution in [0.5, 0.6) is 0 Å². The third-order valence-electron chi connectivity index (χ3n) is 4.13. The summed E-state index contributed by atoms with van der Waals surface area (Å²) in [5.41, 5.74) is 4.30. The fraction of sp³-hybridized carbons (Fsp3) is 0.474.